The van der Waals surface area contributed by atoms with Crippen LogP contribution in [0.4, 0.5) is 4.79 Å². The molecule has 2 aliphatic rings. The summed E-state index contributed by atoms with van der Waals surface area (Å²) in [7, 11) is 0. The number of urea groups is 1. The highest BCUT2D eigenvalue weighted by molar-refractivity contribution is 5.76. The largest absolute Gasteiger partial charge is 0.481 e. The van der Waals surface area contributed by atoms with Crippen LogP contribution >= 0.6 is 0 Å². The Bertz CT molecular complexity index is 356. The number of rotatable bonds is 6. The maximum atomic E-state index is 12.2. The lowest BCUT2D eigenvalue weighted by Crippen LogP contribution is -2.49. The number of carboxylic acids is 1. The molecular formula is C15H27N3O3. The third-order valence-electron chi connectivity index (χ3n) is 4.42. The topological polar surface area (TPSA) is 72.9 Å². The zero-order valence-corrected chi connectivity index (χ0v) is 12.7. The molecular weight excluding hydrogens is 270 g/mol. The lowest BCUT2D eigenvalue weighted by molar-refractivity contribution is -0.138. The number of likely N-dealkylation sites (tertiary alicyclic amines) is 2. The fourth-order valence-corrected chi connectivity index (χ4v) is 3.29. The van der Waals surface area contributed by atoms with Gasteiger partial charge in [0.25, 0.3) is 0 Å². The summed E-state index contributed by atoms with van der Waals surface area (Å²) in [4.78, 5) is 27.2. The Morgan fingerprint density at radius 1 is 1.10 bits per heavy atom. The van der Waals surface area contributed by atoms with E-state index < -0.39 is 5.97 Å². The quantitative estimate of drug-likeness (QED) is 0.729. The number of piperidine rings is 1. The van der Waals surface area contributed by atoms with E-state index in [-0.39, 0.29) is 18.5 Å². The molecule has 2 aliphatic heterocycles. The van der Waals surface area contributed by atoms with E-state index in [1.165, 1.54) is 25.9 Å². The van der Waals surface area contributed by atoms with E-state index in [0.29, 0.717) is 13.1 Å². The van der Waals surface area contributed by atoms with Gasteiger partial charge in [0.1, 0.15) is 0 Å². The predicted molar refractivity (Wildman–Crippen MR) is 80.3 cm³/mol. The minimum Gasteiger partial charge on any atom is -0.481 e. The lowest BCUT2D eigenvalue weighted by Gasteiger charge is -2.35. The van der Waals surface area contributed by atoms with Gasteiger partial charge in [0, 0.05) is 19.1 Å². The normalized spacial score (nSPS) is 23.2. The van der Waals surface area contributed by atoms with Crippen LogP contribution in [0.25, 0.3) is 0 Å². The van der Waals surface area contributed by atoms with Crippen molar-refractivity contribution >= 4 is 12.0 Å². The first-order valence-corrected chi connectivity index (χ1v) is 8.15. The highest BCUT2D eigenvalue weighted by Gasteiger charge is 2.28. The Kier molecular flexibility index (Phi) is 6.29. The number of hydrogen-bond acceptors (Lipinski definition) is 3. The lowest BCUT2D eigenvalue weighted by atomic mass is 10.00. The van der Waals surface area contributed by atoms with Gasteiger partial charge in [-0.3, -0.25) is 4.79 Å². The van der Waals surface area contributed by atoms with Gasteiger partial charge in [-0.25, -0.2) is 4.79 Å². The van der Waals surface area contributed by atoms with Gasteiger partial charge in [0.05, 0.1) is 6.42 Å². The molecule has 0 spiro atoms. The average molecular weight is 297 g/mol. The van der Waals surface area contributed by atoms with Gasteiger partial charge in [-0.05, 0) is 58.2 Å². The molecule has 0 radical (unpaired) electrons. The monoisotopic (exact) mass is 297 g/mol. The van der Waals surface area contributed by atoms with E-state index in [1.807, 2.05) is 0 Å². The Labute approximate surface area is 126 Å². The van der Waals surface area contributed by atoms with Crippen molar-refractivity contribution in [1.29, 1.82) is 0 Å². The Morgan fingerprint density at radius 3 is 2.52 bits per heavy atom. The van der Waals surface area contributed by atoms with Gasteiger partial charge in [0.2, 0.25) is 0 Å². The highest BCUT2D eigenvalue weighted by atomic mass is 16.4. The van der Waals surface area contributed by atoms with Crippen molar-refractivity contribution in [3.05, 3.63) is 0 Å². The fraction of sp³-hybridized carbons (Fsp3) is 0.867. The summed E-state index contributed by atoms with van der Waals surface area (Å²) in [5.41, 5.74) is 0. The second-order valence-corrected chi connectivity index (χ2v) is 6.08. The number of aliphatic carboxylic acids is 1. The van der Waals surface area contributed by atoms with Crippen LogP contribution in [0.3, 0.4) is 0 Å². The summed E-state index contributed by atoms with van der Waals surface area (Å²) < 4.78 is 0. The van der Waals surface area contributed by atoms with Crippen molar-refractivity contribution in [2.75, 3.05) is 32.7 Å². The summed E-state index contributed by atoms with van der Waals surface area (Å²) in [5.74, 6) is -0.825. The molecule has 0 aromatic rings. The molecule has 2 saturated heterocycles. The van der Waals surface area contributed by atoms with Crippen LogP contribution in [0, 0.1) is 0 Å². The number of carbonyl (C=O) groups excluding carboxylic acids is 1. The van der Waals surface area contributed by atoms with Crippen LogP contribution in [0.1, 0.15) is 44.9 Å². The van der Waals surface area contributed by atoms with Gasteiger partial charge >= 0.3 is 12.0 Å². The number of amides is 2. The molecule has 6 nitrogen and oxygen atoms in total. The number of carboxylic acid groups (broad SMARTS) is 1. The molecule has 1 atom stereocenters. The molecule has 2 rings (SSSR count). The van der Waals surface area contributed by atoms with Crippen LogP contribution in [0.15, 0.2) is 0 Å². The predicted octanol–water partition coefficient (Wildman–Crippen LogP) is 1.51. The smallest absolute Gasteiger partial charge is 0.317 e. The van der Waals surface area contributed by atoms with Crippen molar-refractivity contribution in [3.63, 3.8) is 0 Å². The van der Waals surface area contributed by atoms with Crippen molar-refractivity contribution < 1.29 is 14.7 Å². The molecule has 0 bridgehead atoms. The zero-order valence-electron chi connectivity index (χ0n) is 12.7. The Morgan fingerprint density at radius 2 is 1.81 bits per heavy atom. The molecule has 0 aliphatic carbocycles. The first-order valence-electron chi connectivity index (χ1n) is 8.15. The van der Waals surface area contributed by atoms with Crippen LogP contribution in [-0.2, 0) is 4.79 Å². The van der Waals surface area contributed by atoms with Gasteiger partial charge < -0.3 is 20.2 Å². The molecule has 21 heavy (non-hydrogen) atoms. The number of carbonyl (C=O) groups is 2. The summed E-state index contributed by atoms with van der Waals surface area (Å²) in [6.07, 6.45) is 6.37. The molecule has 0 aromatic carbocycles. The van der Waals surface area contributed by atoms with E-state index in [9.17, 15) is 9.59 Å². The van der Waals surface area contributed by atoms with Crippen molar-refractivity contribution in [1.82, 2.24) is 15.1 Å². The highest BCUT2D eigenvalue weighted by Crippen LogP contribution is 2.19. The number of nitrogens with zero attached hydrogens (tertiary/aromatic N) is 2. The third kappa shape index (κ3) is 5.19. The van der Waals surface area contributed by atoms with E-state index in [1.54, 1.807) is 4.90 Å². The minimum atomic E-state index is -0.825. The number of nitrogens with one attached hydrogen (secondary N) is 1. The standard InChI is InChI=1S/C15H27N3O3/c19-14(20)12-13-6-1-2-11-18(13)15(21)16-7-5-10-17-8-3-4-9-17/h13H,1-12H2,(H,16,21)(H,19,20). The Hall–Kier alpha value is -1.30. The molecule has 2 fully saturated rings. The van der Waals surface area contributed by atoms with Crippen LogP contribution in [0.2, 0.25) is 0 Å². The summed E-state index contributed by atoms with van der Waals surface area (Å²) in [5, 5.41) is 11.9. The third-order valence-corrected chi connectivity index (χ3v) is 4.42. The maximum Gasteiger partial charge on any atom is 0.317 e. The van der Waals surface area contributed by atoms with Crippen molar-refractivity contribution in [2.24, 2.45) is 0 Å². The molecule has 6 heteroatoms. The molecule has 2 heterocycles. The Balaban J connectivity index is 1.68. The van der Waals surface area contributed by atoms with E-state index in [2.05, 4.69) is 10.2 Å². The minimum absolute atomic E-state index is 0.0567. The number of hydrogen-bond donors (Lipinski definition) is 2. The van der Waals surface area contributed by atoms with Gasteiger partial charge in [-0.1, -0.05) is 0 Å². The molecule has 120 valence electrons. The SMILES string of the molecule is O=C(O)CC1CCCCN1C(=O)NCCCN1CCCC1. The van der Waals surface area contributed by atoms with Gasteiger partial charge in [-0.15, -0.1) is 0 Å². The van der Waals surface area contributed by atoms with Crippen LogP contribution < -0.4 is 5.32 Å². The molecule has 2 N–H and O–H groups in total. The van der Waals surface area contributed by atoms with Gasteiger partial charge in [0.15, 0.2) is 0 Å². The van der Waals surface area contributed by atoms with E-state index in [4.69, 9.17) is 5.11 Å². The first-order chi connectivity index (χ1) is 10.2. The van der Waals surface area contributed by atoms with Crippen molar-refractivity contribution in [2.45, 2.75) is 51.0 Å². The summed E-state index contributed by atoms with van der Waals surface area (Å²) in [6, 6.07) is -0.239. The maximum absolute atomic E-state index is 12.2. The first kappa shape index (κ1) is 16.1. The molecule has 0 saturated carbocycles. The molecule has 2 amide bonds. The van der Waals surface area contributed by atoms with Crippen LogP contribution in [0.5, 0.6) is 0 Å². The molecule has 0 aromatic heterocycles. The van der Waals surface area contributed by atoms with Gasteiger partial charge in [-0.2, -0.15) is 0 Å². The van der Waals surface area contributed by atoms with E-state index in [0.717, 1.165) is 32.2 Å². The second-order valence-electron chi connectivity index (χ2n) is 6.08. The average Bonchev–Trinajstić information content (AvgIpc) is 2.96. The molecule has 1 unspecified atom stereocenters. The zero-order chi connectivity index (χ0) is 15.1. The van der Waals surface area contributed by atoms with Crippen LogP contribution in [-0.4, -0.2) is 65.7 Å². The second kappa shape index (κ2) is 8.22. The van der Waals surface area contributed by atoms with E-state index >= 15 is 0 Å². The summed E-state index contributed by atoms with van der Waals surface area (Å²) >= 11 is 0. The fourth-order valence-electron chi connectivity index (χ4n) is 3.29. The van der Waals surface area contributed by atoms with Crippen molar-refractivity contribution in [3.8, 4) is 0 Å². The summed E-state index contributed by atoms with van der Waals surface area (Å²) in [6.45, 7) is 4.75.